The Balaban J connectivity index is 0.00000294. The van der Waals surface area contributed by atoms with Gasteiger partial charge in [0.15, 0.2) is 5.78 Å². The smallest absolute Gasteiger partial charge is 0.179 e. The molecule has 1 N–H and O–H groups in total. The molecule has 0 atom stereocenters. The number of quaternary nitrogens is 1. The Morgan fingerprint density at radius 3 is 2.08 bits per heavy atom. The highest BCUT2D eigenvalue weighted by atomic mass is 35.5. The van der Waals surface area contributed by atoms with E-state index in [0.717, 1.165) is 44.7 Å². The summed E-state index contributed by atoms with van der Waals surface area (Å²) in [7, 11) is 0. The molecule has 38 heavy (non-hydrogen) atoms. The van der Waals surface area contributed by atoms with Gasteiger partial charge >= 0.3 is 0 Å². The predicted molar refractivity (Wildman–Crippen MR) is 151 cm³/mol. The van der Waals surface area contributed by atoms with Crippen molar-refractivity contribution in [2.45, 2.75) is 76.9 Å². The Labute approximate surface area is 233 Å². The molecule has 0 spiro atoms. The number of Topliss-reactive ketones (excluding diaryl/α,β-unsaturated/α-hetero) is 1. The fraction of sp³-hybridized carbons (Fsp3) is 0.382. The normalized spacial score (nSPS) is 16.0. The average Bonchev–Trinajstić information content (AvgIpc) is 3.27. The van der Waals surface area contributed by atoms with Gasteiger partial charge in [-0.25, -0.2) is 0 Å². The number of rotatable bonds is 8. The molecule has 1 fully saturated rings. The number of nitrogens with zero attached hydrogens (tertiary/aromatic N) is 1. The van der Waals surface area contributed by atoms with Gasteiger partial charge < -0.3 is 21.9 Å². The van der Waals surface area contributed by atoms with Gasteiger partial charge in [0, 0.05) is 28.5 Å². The van der Waals surface area contributed by atoms with E-state index in [-0.39, 0.29) is 12.4 Å². The molecule has 6 rings (SSSR count). The Morgan fingerprint density at radius 2 is 1.42 bits per heavy atom. The lowest BCUT2D eigenvalue weighted by atomic mass is 9.83. The van der Waals surface area contributed by atoms with E-state index in [9.17, 15) is 4.79 Å². The van der Waals surface area contributed by atoms with Crippen molar-refractivity contribution in [2.24, 2.45) is 0 Å². The van der Waals surface area contributed by atoms with Gasteiger partial charge in [-0.2, -0.15) is 0 Å². The average molecular weight is 527 g/mol. The van der Waals surface area contributed by atoms with E-state index in [2.05, 4.69) is 83.4 Å². The summed E-state index contributed by atoms with van der Waals surface area (Å²) in [5.41, 5.74) is 7.80. The van der Waals surface area contributed by atoms with E-state index in [1.807, 2.05) is 0 Å². The van der Waals surface area contributed by atoms with Crippen LogP contribution in [-0.2, 0) is 26.1 Å². The summed E-state index contributed by atoms with van der Waals surface area (Å²) >= 11 is 0. The largest absolute Gasteiger partial charge is 1.00 e. The van der Waals surface area contributed by atoms with Crippen LogP contribution in [0.1, 0.15) is 83.6 Å². The summed E-state index contributed by atoms with van der Waals surface area (Å²) in [4.78, 5) is 14.8. The van der Waals surface area contributed by atoms with Gasteiger partial charge in [-0.05, 0) is 54.9 Å². The van der Waals surface area contributed by atoms with Crippen molar-refractivity contribution in [3.05, 3.63) is 107 Å². The van der Waals surface area contributed by atoms with Gasteiger partial charge in [0.1, 0.15) is 13.1 Å². The van der Waals surface area contributed by atoms with Crippen LogP contribution >= 0.6 is 0 Å². The van der Waals surface area contributed by atoms with Crippen LogP contribution in [0.3, 0.4) is 0 Å². The minimum atomic E-state index is 0. The molecule has 2 aliphatic carbocycles. The van der Waals surface area contributed by atoms with Gasteiger partial charge in [-0.3, -0.25) is 4.79 Å². The maximum absolute atomic E-state index is 13.3. The van der Waals surface area contributed by atoms with Gasteiger partial charge in [0.25, 0.3) is 0 Å². The first-order valence-electron chi connectivity index (χ1n) is 14.4. The van der Waals surface area contributed by atoms with E-state index in [0.29, 0.717) is 18.1 Å². The second-order valence-electron chi connectivity index (χ2n) is 11.2. The number of carbonyl (C=O) groups excluding carboxylic acids is 1. The number of hydrogen-bond acceptors (Lipinski definition) is 1. The molecule has 1 saturated carbocycles. The first-order chi connectivity index (χ1) is 18.3. The number of aromatic nitrogens is 1. The van der Waals surface area contributed by atoms with Crippen LogP contribution < -0.4 is 17.3 Å². The monoisotopic (exact) mass is 526 g/mol. The number of aryl methyl sites for hydroxylation is 1. The molecule has 1 heterocycles. The summed E-state index contributed by atoms with van der Waals surface area (Å²) in [6.07, 6.45) is 9.40. The SMILES string of the molecule is O=C1CCCc2c1n(CC[NH+](Cc1ccccc1)Cc1ccccc1)c1ccc(C3CCCCC3)cc21.[Cl-]. The van der Waals surface area contributed by atoms with E-state index in [1.54, 1.807) is 0 Å². The first-order valence-corrected chi connectivity index (χ1v) is 14.4. The molecule has 0 unspecified atom stereocenters. The van der Waals surface area contributed by atoms with E-state index >= 15 is 0 Å². The molecule has 0 amide bonds. The number of carbonyl (C=O) groups is 1. The Morgan fingerprint density at radius 1 is 0.763 bits per heavy atom. The molecule has 3 nitrogen and oxygen atoms in total. The third-order valence-electron chi connectivity index (χ3n) is 8.65. The molecule has 0 saturated heterocycles. The van der Waals surface area contributed by atoms with Crippen LogP contribution in [0.25, 0.3) is 10.9 Å². The zero-order chi connectivity index (χ0) is 25.0. The van der Waals surface area contributed by atoms with Gasteiger partial charge in [0.05, 0.1) is 18.8 Å². The van der Waals surface area contributed by atoms with Gasteiger partial charge in [0.2, 0.25) is 0 Å². The summed E-state index contributed by atoms with van der Waals surface area (Å²) in [6, 6.07) is 28.8. The van der Waals surface area contributed by atoms with Crippen LogP contribution in [0.4, 0.5) is 0 Å². The number of fused-ring (bicyclic) bond motifs is 3. The van der Waals surface area contributed by atoms with Crippen molar-refractivity contribution < 1.29 is 22.1 Å². The third kappa shape index (κ3) is 5.75. The lowest BCUT2D eigenvalue weighted by Gasteiger charge is -2.22. The maximum Gasteiger partial charge on any atom is 0.179 e. The fourth-order valence-corrected chi connectivity index (χ4v) is 6.76. The van der Waals surface area contributed by atoms with Crippen LogP contribution in [-0.4, -0.2) is 16.9 Å². The highest BCUT2D eigenvalue weighted by Gasteiger charge is 2.27. The molecule has 4 aromatic rings. The molecule has 1 aromatic heterocycles. The number of benzene rings is 3. The fourth-order valence-electron chi connectivity index (χ4n) is 6.76. The molecular formula is C34H39ClN2O. The summed E-state index contributed by atoms with van der Waals surface area (Å²) in [5, 5.41) is 1.35. The molecule has 2 aliphatic rings. The van der Waals surface area contributed by atoms with Crippen molar-refractivity contribution in [2.75, 3.05) is 6.54 Å². The molecule has 0 radical (unpaired) electrons. The second-order valence-corrected chi connectivity index (χ2v) is 11.2. The highest BCUT2D eigenvalue weighted by molar-refractivity contribution is 6.04. The summed E-state index contributed by atoms with van der Waals surface area (Å²) in [5.74, 6) is 1.03. The maximum atomic E-state index is 13.3. The van der Waals surface area contributed by atoms with E-state index in [1.165, 1.54) is 70.2 Å². The molecule has 4 heteroatoms. The van der Waals surface area contributed by atoms with E-state index < -0.39 is 0 Å². The second kappa shape index (κ2) is 12.3. The van der Waals surface area contributed by atoms with Crippen molar-refractivity contribution in [3.8, 4) is 0 Å². The minimum absolute atomic E-state index is 0. The highest BCUT2D eigenvalue weighted by Crippen LogP contribution is 2.37. The Bertz CT molecular complexity index is 1310. The number of nitrogens with one attached hydrogen (secondary N) is 1. The standard InChI is InChI=1S/C34H38N2O.ClH/c37-33-18-10-17-30-31-23-29(28-15-8-3-9-16-28)19-20-32(31)36(34(30)33)22-21-35(24-26-11-4-1-5-12-26)25-27-13-6-2-7-14-27;/h1-2,4-7,11-14,19-20,23,28H,3,8-10,15-18,21-22,24-25H2;1H. The third-order valence-corrected chi connectivity index (χ3v) is 8.65. The predicted octanol–water partition coefficient (Wildman–Crippen LogP) is 3.50. The van der Waals surface area contributed by atoms with E-state index in [4.69, 9.17) is 0 Å². The molecule has 0 bridgehead atoms. The number of ketones is 1. The topological polar surface area (TPSA) is 26.4 Å². The molecular weight excluding hydrogens is 488 g/mol. The summed E-state index contributed by atoms with van der Waals surface area (Å²) < 4.78 is 2.38. The van der Waals surface area contributed by atoms with Gasteiger partial charge in [-0.1, -0.05) is 86.0 Å². The van der Waals surface area contributed by atoms with Crippen molar-refractivity contribution in [3.63, 3.8) is 0 Å². The zero-order valence-corrected chi connectivity index (χ0v) is 23.1. The van der Waals surface area contributed by atoms with Gasteiger partial charge in [-0.15, -0.1) is 0 Å². The first kappa shape index (κ1) is 26.7. The van der Waals surface area contributed by atoms with Crippen LogP contribution in [0.2, 0.25) is 0 Å². The van der Waals surface area contributed by atoms with Crippen molar-refractivity contribution in [1.82, 2.24) is 4.57 Å². The van der Waals surface area contributed by atoms with Crippen LogP contribution in [0, 0.1) is 0 Å². The van der Waals surface area contributed by atoms with Crippen molar-refractivity contribution in [1.29, 1.82) is 0 Å². The number of hydrogen-bond donors (Lipinski definition) is 1. The quantitative estimate of drug-likeness (QED) is 0.374. The summed E-state index contributed by atoms with van der Waals surface area (Å²) in [6.45, 7) is 3.82. The van der Waals surface area contributed by atoms with Crippen LogP contribution in [0.5, 0.6) is 0 Å². The van der Waals surface area contributed by atoms with Crippen LogP contribution in [0.15, 0.2) is 78.9 Å². The molecule has 0 aliphatic heterocycles. The lowest BCUT2D eigenvalue weighted by molar-refractivity contribution is -0.928. The zero-order valence-electron chi connectivity index (χ0n) is 22.3. The minimum Gasteiger partial charge on any atom is -1.00 e. The molecule has 3 aromatic carbocycles. The lowest BCUT2D eigenvalue weighted by Crippen LogP contribution is -3.09. The Kier molecular flexibility index (Phi) is 8.66. The number of halogens is 1. The Hall–Kier alpha value is -2.88. The molecule has 198 valence electrons. The van der Waals surface area contributed by atoms with Crippen molar-refractivity contribution >= 4 is 16.7 Å².